The van der Waals surface area contributed by atoms with Gasteiger partial charge in [-0.15, -0.1) is 6.58 Å². The predicted molar refractivity (Wildman–Crippen MR) is 69.3 cm³/mol. The first-order chi connectivity index (χ1) is 6.78. The van der Waals surface area contributed by atoms with Crippen molar-refractivity contribution >= 4 is 0 Å². The molecule has 0 spiro atoms. The molecule has 0 aliphatic heterocycles. The molecule has 0 aliphatic carbocycles. The van der Waals surface area contributed by atoms with E-state index in [2.05, 4.69) is 58.3 Å². The quantitative estimate of drug-likeness (QED) is 0.681. The third-order valence-corrected chi connectivity index (χ3v) is 2.50. The van der Waals surface area contributed by atoms with Crippen molar-refractivity contribution in [2.75, 3.05) is 13.1 Å². The zero-order valence-corrected chi connectivity index (χ0v) is 11.3. The average Bonchev–Trinajstić information content (AvgIpc) is 2.08. The third kappa shape index (κ3) is 6.69. The fourth-order valence-corrected chi connectivity index (χ4v) is 1.62. The molecule has 0 amide bonds. The highest BCUT2D eigenvalue weighted by Gasteiger charge is 2.17. The first kappa shape index (κ1) is 14.7. The van der Waals surface area contributed by atoms with Crippen molar-refractivity contribution in [3.8, 4) is 0 Å². The Morgan fingerprint density at radius 1 is 1.27 bits per heavy atom. The van der Waals surface area contributed by atoms with Crippen LogP contribution in [0, 0.1) is 0 Å². The van der Waals surface area contributed by atoms with Crippen LogP contribution in [0.1, 0.15) is 41.5 Å². The van der Waals surface area contributed by atoms with Gasteiger partial charge >= 0.3 is 0 Å². The smallest absolute Gasteiger partial charge is 0.0198 e. The number of rotatable bonds is 6. The Morgan fingerprint density at radius 2 is 1.80 bits per heavy atom. The van der Waals surface area contributed by atoms with Crippen molar-refractivity contribution in [3.63, 3.8) is 0 Å². The van der Waals surface area contributed by atoms with Crippen molar-refractivity contribution < 1.29 is 0 Å². The Hall–Kier alpha value is -0.340. The summed E-state index contributed by atoms with van der Waals surface area (Å²) in [5.74, 6) is 0. The minimum Gasteiger partial charge on any atom is -0.311 e. The van der Waals surface area contributed by atoms with Gasteiger partial charge in [0.05, 0.1) is 0 Å². The summed E-state index contributed by atoms with van der Waals surface area (Å²) < 4.78 is 0. The lowest BCUT2D eigenvalue weighted by Gasteiger charge is -2.34. The maximum Gasteiger partial charge on any atom is 0.0198 e. The normalized spacial score (nSPS) is 14.7. The predicted octanol–water partition coefficient (Wildman–Crippen LogP) is 2.66. The van der Waals surface area contributed by atoms with E-state index in [1.54, 1.807) is 0 Å². The molecule has 0 aromatic heterocycles. The van der Waals surface area contributed by atoms with Crippen molar-refractivity contribution in [3.05, 3.63) is 12.7 Å². The third-order valence-electron chi connectivity index (χ3n) is 2.50. The molecule has 2 nitrogen and oxygen atoms in total. The van der Waals surface area contributed by atoms with E-state index < -0.39 is 0 Å². The lowest BCUT2D eigenvalue weighted by Crippen LogP contribution is -2.48. The molecule has 2 heteroatoms. The first-order valence-corrected chi connectivity index (χ1v) is 5.89. The van der Waals surface area contributed by atoms with Crippen LogP contribution in [0.25, 0.3) is 0 Å². The van der Waals surface area contributed by atoms with E-state index in [0.717, 1.165) is 13.1 Å². The summed E-state index contributed by atoms with van der Waals surface area (Å²) in [7, 11) is 0. The van der Waals surface area contributed by atoms with Gasteiger partial charge in [-0.2, -0.15) is 0 Å². The molecule has 0 aromatic rings. The van der Waals surface area contributed by atoms with Crippen LogP contribution in [-0.4, -0.2) is 35.6 Å². The molecule has 15 heavy (non-hydrogen) atoms. The van der Waals surface area contributed by atoms with Gasteiger partial charge in [-0.05, 0) is 41.5 Å². The van der Waals surface area contributed by atoms with Gasteiger partial charge in [-0.25, -0.2) is 0 Å². The molecular formula is C13H28N2. The summed E-state index contributed by atoms with van der Waals surface area (Å²) >= 11 is 0. The van der Waals surface area contributed by atoms with Crippen molar-refractivity contribution in [1.82, 2.24) is 10.2 Å². The topological polar surface area (TPSA) is 15.3 Å². The van der Waals surface area contributed by atoms with E-state index in [-0.39, 0.29) is 5.54 Å². The minimum atomic E-state index is 0.199. The number of nitrogens with zero attached hydrogens (tertiary/aromatic N) is 1. The van der Waals surface area contributed by atoms with Gasteiger partial charge in [0.25, 0.3) is 0 Å². The van der Waals surface area contributed by atoms with Gasteiger partial charge in [0.15, 0.2) is 0 Å². The Morgan fingerprint density at radius 3 is 2.13 bits per heavy atom. The van der Waals surface area contributed by atoms with Crippen LogP contribution in [0.15, 0.2) is 12.7 Å². The van der Waals surface area contributed by atoms with Gasteiger partial charge in [0.2, 0.25) is 0 Å². The van der Waals surface area contributed by atoms with Gasteiger partial charge in [-0.3, -0.25) is 4.90 Å². The zero-order chi connectivity index (χ0) is 12.1. The lowest BCUT2D eigenvalue weighted by molar-refractivity contribution is 0.172. The molecule has 0 radical (unpaired) electrons. The van der Waals surface area contributed by atoms with E-state index in [9.17, 15) is 0 Å². The van der Waals surface area contributed by atoms with Crippen LogP contribution in [0.5, 0.6) is 0 Å². The number of hydrogen-bond donors (Lipinski definition) is 1. The van der Waals surface area contributed by atoms with Crippen LogP contribution in [0.3, 0.4) is 0 Å². The van der Waals surface area contributed by atoms with E-state index >= 15 is 0 Å². The second-order valence-corrected chi connectivity index (χ2v) is 5.56. The molecule has 1 unspecified atom stereocenters. The average molecular weight is 212 g/mol. The Labute approximate surface area is 95.7 Å². The summed E-state index contributed by atoms with van der Waals surface area (Å²) in [5, 5.41) is 3.54. The van der Waals surface area contributed by atoms with Crippen LogP contribution < -0.4 is 5.32 Å². The molecule has 0 saturated carbocycles. The lowest BCUT2D eigenvalue weighted by atomic mass is 10.1. The van der Waals surface area contributed by atoms with Gasteiger partial charge < -0.3 is 5.32 Å². The molecule has 0 heterocycles. The Balaban J connectivity index is 4.14. The van der Waals surface area contributed by atoms with Gasteiger partial charge in [0, 0.05) is 30.7 Å². The fourth-order valence-electron chi connectivity index (χ4n) is 1.62. The molecule has 1 N–H and O–H groups in total. The molecular weight excluding hydrogens is 184 g/mol. The highest BCUT2D eigenvalue weighted by Crippen LogP contribution is 2.06. The highest BCUT2D eigenvalue weighted by atomic mass is 15.2. The second-order valence-electron chi connectivity index (χ2n) is 5.56. The second kappa shape index (κ2) is 6.29. The number of nitrogens with one attached hydrogen (secondary N) is 1. The van der Waals surface area contributed by atoms with Crippen LogP contribution >= 0.6 is 0 Å². The maximum atomic E-state index is 3.81. The fraction of sp³-hybridized carbons (Fsp3) is 0.846. The van der Waals surface area contributed by atoms with Crippen LogP contribution in [-0.2, 0) is 0 Å². The minimum absolute atomic E-state index is 0.199. The zero-order valence-electron chi connectivity index (χ0n) is 11.3. The summed E-state index contributed by atoms with van der Waals surface area (Å²) in [5.41, 5.74) is 0.199. The van der Waals surface area contributed by atoms with E-state index in [1.807, 2.05) is 6.08 Å². The van der Waals surface area contributed by atoms with Crippen LogP contribution in [0.4, 0.5) is 0 Å². The van der Waals surface area contributed by atoms with Gasteiger partial charge in [0.1, 0.15) is 0 Å². The SMILES string of the molecule is C=CCN(C(C)C)C(C)CNC(C)(C)C. The maximum absolute atomic E-state index is 3.81. The van der Waals surface area contributed by atoms with Crippen LogP contribution in [0.2, 0.25) is 0 Å². The molecule has 90 valence electrons. The van der Waals surface area contributed by atoms with E-state index in [4.69, 9.17) is 0 Å². The molecule has 0 rings (SSSR count). The number of hydrogen-bond acceptors (Lipinski definition) is 2. The Kier molecular flexibility index (Phi) is 6.15. The molecule has 0 bridgehead atoms. The van der Waals surface area contributed by atoms with Crippen molar-refractivity contribution in [2.24, 2.45) is 0 Å². The van der Waals surface area contributed by atoms with Crippen molar-refractivity contribution in [1.29, 1.82) is 0 Å². The molecule has 0 fully saturated rings. The largest absolute Gasteiger partial charge is 0.311 e. The molecule has 0 aromatic carbocycles. The monoisotopic (exact) mass is 212 g/mol. The van der Waals surface area contributed by atoms with Crippen molar-refractivity contribution in [2.45, 2.75) is 59.2 Å². The summed E-state index contributed by atoms with van der Waals surface area (Å²) in [4.78, 5) is 2.45. The summed E-state index contributed by atoms with van der Waals surface area (Å²) in [6.45, 7) is 19.1. The van der Waals surface area contributed by atoms with Gasteiger partial charge in [-0.1, -0.05) is 6.08 Å². The summed E-state index contributed by atoms with van der Waals surface area (Å²) in [6.07, 6.45) is 1.98. The first-order valence-electron chi connectivity index (χ1n) is 5.89. The highest BCUT2D eigenvalue weighted by molar-refractivity contribution is 4.82. The summed E-state index contributed by atoms with van der Waals surface area (Å²) in [6, 6.07) is 1.11. The van der Waals surface area contributed by atoms with E-state index in [0.29, 0.717) is 12.1 Å². The van der Waals surface area contributed by atoms with E-state index in [1.165, 1.54) is 0 Å². The Bertz CT molecular complexity index is 179. The molecule has 0 saturated heterocycles. The molecule has 1 atom stereocenters. The molecule has 0 aliphatic rings. The standard InChI is InChI=1S/C13H28N2/c1-8-9-15(11(2)3)12(4)10-14-13(5,6)7/h8,11-12,14H,1,9-10H2,2-7H3.